The summed E-state index contributed by atoms with van der Waals surface area (Å²) in [5, 5.41) is 16.1. The van der Waals surface area contributed by atoms with E-state index in [2.05, 4.69) is 15.6 Å². The smallest absolute Gasteiger partial charge is 0.322 e. The number of methoxy groups -OCH3 is 1. The van der Waals surface area contributed by atoms with E-state index < -0.39 is 0 Å². The van der Waals surface area contributed by atoms with Crippen LogP contribution in [0.15, 0.2) is 53.5 Å². The summed E-state index contributed by atoms with van der Waals surface area (Å²) in [7, 11) is 1.60. The maximum atomic E-state index is 13.1. The van der Waals surface area contributed by atoms with Crippen molar-refractivity contribution < 1.29 is 19.0 Å². The van der Waals surface area contributed by atoms with Crippen LogP contribution in [0.4, 0.5) is 16.2 Å². The number of carbonyl (C=O) groups is 1. The van der Waals surface area contributed by atoms with Crippen molar-refractivity contribution in [2.75, 3.05) is 64.0 Å². The number of amides is 2. The lowest BCUT2D eigenvalue weighted by atomic mass is 10.1. The number of aryl methyl sites for hydroxylation is 1. The van der Waals surface area contributed by atoms with Gasteiger partial charge in [-0.3, -0.25) is 0 Å². The maximum Gasteiger partial charge on any atom is 0.322 e. The summed E-state index contributed by atoms with van der Waals surface area (Å²) >= 11 is 5.96. The van der Waals surface area contributed by atoms with Crippen LogP contribution < -0.4 is 10.6 Å². The molecule has 2 aromatic rings. The first-order valence-electron chi connectivity index (χ1n) is 11.5. The van der Waals surface area contributed by atoms with Gasteiger partial charge in [-0.15, -0.1) is 4.99 Å². The number of ether oxygens (including phenoxy) is 3. The number of nitrogens with one attached hydrogen (secondary N) is 2. The van der Waals surface area contributed by atoms with E-state index in [4.69, 9.17) is 25.8 Å². The lowest BCUT2D eigenvalue weighted by Gasteiger charge is -2.42. The Morgan fingerprint density at radius 2 is 1.92 bits per heavy atom. The molecule has 0 spiro atoms. The zero-order valence-corrected chi connectivity index (χ0v) is 21.2. The fraction of sp³-hybridized carbons (Fsp3) is 0.400. The van der Waals surface area contributed by atoms with Gasteiger partial charge in [0.15, 0.2) is 0 Å². The van der Waals surface area contributed by atoms with Crippen molar-refractivity contribution in [3.8, 4) is 6.19 Å². The molecule has 2 N–H and O–H groups in total. The van der Waals surface area contributed by atoms with Gasteiger partial charge in [-0.1, -0.05) is 29.8 Å². The van der Waals surface area contributed by atoms with Crippen LogP contribution in [-0.4, -0.2) is 81.2 Å². The van der Waals surface area contributed by atoms with Gasteiger partial charge in [0.25, 0.3) is 0 Å². The number of anilines is 2. The molecular formula is C25H31ClN6O4. The molecule has 3 rings (SSSR count). The molecule has 192 valence electrons. The van der Waals surface area contributed by atoms with Crippen molar-refractivity contribution >= 4 is 35.0 Å². The first-order valence-corrected chi connectivity index (χ1v) is 11.9. The van der Waals surface area contributed by atoms with Crippen LogP contribution in [0.3, 0.4) is 0 Å². The van der Waals surface area contributed by atoms with Crippen LogP contribution in [0.1, 0.15) is 5.56 Å². The molecule has 0 aliphatic carbocycles. The maximum absolute atomic E-state index is 13.1. The summed E-state index contributed by atoms with van der Waals surface area (Å²) in [5.41, 5.74) is 2.52. The van der Waals surface area contributed by atoms with Gasteiger partial charge in [-0.25, -0.2) is 4.79 Å². The third-order valence-corrected chi connectivity index (χ3v) is 5.85. The minimum atomic E-state index is -0.320. The predicted molar refractivity (Wildman–Crippen MR) is 139 cm³/mol. The van der Waals surface area contributed by atoms with Crippen LogP contribution in [0.5, 0.6) is 0 Å². The number of benzene rings is 2. The highest BCUT2D eigenvalue weighted by Crippen LogP contribution is 2.19. The van der Waals surface area contributed by atoms with Gasteiger partial charge in [0.05, 0.1) is 25.9 Å². The monoisotopic (exact) mass is 514 g/mol. The molecule has 0 radical (unpaired) electrons. The predicted octanol–water partition coefficient (Wildman–Crippen LogP) is 3.75. The number of hydrogen-bond donors (Lipinski definition) is 2. The number of urea groups is 1. The molecule has 0 aromatic heterocycles. The largest absolute Gasteiger partial charge is 0.382 e. The van der Waals surface area contributed by atoms with Crippen LogP contribution >= 0.6 is 11.6 Å². The molecule has 2 aromatic carbocycles. The Morgan fingerprint density at radius 1 is 1.14 bits per heavy atom. The number of carbonyl (C=O) groups excluding carboxylic acids is 1. The van der Waals surface area contributed by atoms with Crippen LogP contribution in [0.25, 0.3) is 0 Å². The standard InChI is InChI=1S/C25H31ClN6O4/c1-19-5-3-4-6-23(19)30-24(28-17-27)31-11-12-32(22(15-31)16-36-18-35-14-13-34-2)25(33)29-21-9-7-20(26)8-10-21/h3-10,22H,11-16,18H2,1-2H3,(H,28,30)(H,29,33). The molecule has 1 unspecified atom stereocenters. The first kappa shape index (κ1) is 27.2. The Morgan fingerprint density at radius 3 is 2.64 bits per heavy atom. The number of nitrogens with zero attached hydrogens (tertiary/aromatic N) is 4. The van der Waals surface area contributed by atoms with Crippen LogP contribution in [-0.2, 0) is 14.2 Å². The van der Waals surface area contributed by atoms with Gasteiger partial charge in [0, 0.05) is 43.1 Å². The van der Waals surface area contributed by atoms with Gasteiger partial charge in [-0.05, 0) is 42.8 Å². The number of nitriles is 1. The van der Waals surface area contributed by atoms with Gasteiger partial charge < -0.3 is 34.6 Å². The second-order valence-electron chi connectivity index (χ2n) is 8.10. The minimum absolute atomic E-state index is 0.0765. The van der Waals surface area contributed by atoms with Crippen LogP contribution in [0.2, 0.25) is 5.02 Å². The van der Waals surface area contributed by atoms with E-state index in [0.717, 1.165) is 11.3 Å². The molecule has 11 heteroatoms. The second kappa shape index (κ2) is 14.3. The number of hydrogen-bond acceptors (Lipinski definition) is 6. The molecule has 0 saturated carbocycles. The highest BCUT2D eigenvalue weighted by atomic mass is 35.5. The molecule has 1 saturated heterocycles. The average molecular weight is 515 g/mol. The Labute approximate surface area is 216 Å². The molecular weight excluding hydrogens is 484 g/mol. The third-order valence-electron chi connectivity index (χ3n) is 5.59. The van der Waals surface area contributed by atoms with E-state index in [9.17, 15) is 10.1 Å². The molecule has 1 heterocycles. The highest BCUT2D eigenvalue weighted by Gasteiger charge is 2.32. The molecule has 10 nitrogen and oxygen atoms in total. The second-order valence-corrected chi connectivity index (χ2v) is 8.53. The zero-order valence-electron chi connectivity index (χ0n) is 20.4. The molecule has 1 aliphatic rings. The lowest BCUT2D eigenvalue weighted by molar-refractivity contribution is -0.0806. The SMILES string of the molecule is COCCOCOCC1CN(C(=NC#N)Nc2ccccc2C)CCN1C(=O)Nc1ccc(Cl)cc1. The number of para-hydroxylation sites is 1. The van der Waals surface area contributed by atoms with E-state index in [1.807, 2.05) is 42.3 Å². The quantitative estimate of drug-likeness (QED) is 0.172. The van der Waals surface area contributed by atoms with Gasteiger partial charge >= 0.3 is 6.03 Å². The van der Waals surface area contributed by atoms with Crippen molar-refractivity contribution in [1.29, 1.82) is 5.26 Å². The molecule has 1 fully saturated rings. The molecule has 1 atom stereocenters. The topological polar surface area (TPSA) is 111 Å². The van der Waals surface area contributed by atoms with E-state index >= 15 is 0 Å². The molecule has 2 amide bonds. The Kier molecular flexibility index (Phi) is 10.8. The first-order chi connectivity index (χ1) is 17.5. The Hall–Kier alpha value is -3.36. The summed E-state index contributed by atoms with van der Waals surface area (Å²) in [6.45, 7) is 4.46. The van der Waals surface area contributed by atoms with E-state index in [1.165, 1.54) is 0 Å². The fourth-order valence-electron chi connectivity index (χ4n) is 3.69. The highest BCUT2D eigenvalue weighted by molar-refractivity contribution is 6.30. The van der Waals surface area contributed by atoms with E-state index in [0.29, 0.717) is 49.5 Å². The van der Waals surface area contributed by atoms with Gasteiger partial charge in [0.2, 0.25) is 12.2 Å². The van der Waals surface area contributed by atoms with E-state index in [1.54, 1.807) is 36.3 Å². The number of piperazine rings is 1. The molecule has 0 bridgehead atoms. The zero-order chi connectivity index (χ0) is 25.8. The fourth-order valence-corrected chi connectivity index (χ4v) is 3.82. The molecule has 1 aliphatic heterocycles. The van der Waals surface area contributed by atoms with Crippen molar-refractivity contribution in [3.63, 3.8) is 0 Å². The van der Waals surface area contributed by atoms with Gasteiger partial charge in [-0.2, -0.15) is 5.26 Å². The van der Waals surface area contributed by atoms with Crippen molar-refractivity contribution in [2.45, 2.75) is 13.0 Å². The average Bonchev–Trinajstić information content (AvgIpc) is 2.88. The lowest BCUT2D eigenvalue weighted by Crippen LogP contribution is -2.60. The number of guanidine groups is 1. The summed E-state index contributed by atoms with van der Waals surface area (Å²) in [5.74, 6) is 0.422. The summed E-state index contributed by atoms with van der Waals surface area (Å²) in [6.07, 6.45) is 1.88. The normalized spacial score (nSPS) is 15.9. The van der Waals surface area contributed by atoms with Crippen molar-refractivity contribution in [1.82, 2.24) is 9.80 Å². The van der Waals surface area contributed by atoms with Crippen molar-refractivity contribution in [3.05, 3.63) is 59.1 Å². The summed E-state index contributed by atoms with van der Waals surface area (Å²) in [4.78, 5) is 20.8. The summed E-state index contributed by atoms with van der Waals surface area (Å²) in [6, 6.07) is 14.1. The van der Waals surface area contributed by atoms with Crippen molar-refractivity contribution in [2.24, 2.45) is 4.99 Å². The van der Waals surface area contributed by atoms with Gasteiger partial charge in [0.1, 0.15) is 6.79 Å². The Bertz CT molecular complexity index is 1060. The number of rotatable bonds is 9. The Balaban J connectivity index is 1.70. The molecule has 36 heavy (non-hydrogen) atoms. The third kappa shape index (κ3) is 8.10. The van der Waals surface area contributed by atoms with Crippen LogP contribution in [0, 0.1) is 18.4 Å². The number of halogens is 1. The number of aliphatic imine (C=N–C) groups is 1. The summed E-state index contributed by atoms with van der Waals surface area (Å²) < 4.78 is 16.1. The van der Waals surface area contributed by atoms with E-state index in [-0.39, 0.29) is 25.5 Å². The minimum Gasteiger partial charge on any atom is -0.382 e.